The Hall–Kier alpha value is -3.25. The fourth-order valence-electron chi connectivity index (χ4n) is 4.61. The van der Waals surface area contributed by atoms with E-state index in [4.69, 9.17) is 23.4 Å². The SMILES string of the molecule is O=c1c2cc(O)ccc2oc2cc(O)c(O[C@@H]3O[C@H](CO)[C@@H](O)[C@H](O)[C@H]3O[C@@H]3O[C@H](CO)[C@@H](O)[C@H]3O)c(O)c12. The van der Waals surface area contributed by atoms with E-state index in [2.05, 4.69) is 0 Å². The summed E-state index contributed by atoms with van der Waals surface area (Å²) in [5, 5.41) is 91.0. The number of hydrogen-bond acceptors (Lipinski definition) is 15. The lowest BCUT2D eigenvalue weighted by molar-refractivity contribution is -0.320. The molecule has 15 heteroatoms. The van der Waals surface area contributed by atoms with Crippen molar-refractivity contribution >= 4 is 21.9 Å². The minimum atomic E-state index is -1.86. The topological polar surface area (TPSA) is 249 Å². The predicted octanol–water partition coefficient (Wildman–Crippen LogP) is -2.29. The molecule has 0 saturated carbocycles. The highest BCUT2D eigenvalue weighted by atomic mass is 16.8. The molecule has 0 radical (unpaired) electrons. The van der Waals surface area contributed by atoms with Crippen LogP contribution in [0, 0.1) is 0 Å². The summed E-state index contributed by atoms with van der Waals surface area (Å²) < 4.78 is 27.4. The number of ether oxygens (including phenoxy) is 4. The van der Waals surface area contributed by atoms with Crippen LogP contribution in [-0.4, -0.2) is 114 Å². The number of phenolic OH excluding ortho intramolecular Hbond substituents is 3. The van der Waals surface area contributed by atoms with Crippen LogP contribution in [0.15, 0.2) is 33.5 Å². The number of aromatic hydroxyl groups is 3. The molecule has 2 fully saturated rings. The Labute approximate surface area is 217 Å². The Morgan fingerprint density at radius 3 is 2.10 bits per heavy atom. The van der Waals surface area contributed by atoms with Crippen LogP contribution in [0.2, 0.25) is 0 Å². The van der Waals surface area contributed by atoms with E-state index in [9.17, 15) is 50.8 Å². The second kappa shape index (κ2) is 10.4. The second-order valence-electron chi connectivity index (χ2n) is 9.19. The summed E-state index contributed by atoms with van der Waals surface area (Å²) in [6.07, 6.45) is -14.7. The smallest absolute Gasteiger partial charge is 0.230 e. The van der Waals surface area contributed by atoms with Gasteiger partial charge >= 0.3 is 0 Å². The zero-order valence-electron chi connectivity index (χ0n) is 19.9. The van der Waals surface area contributed by atoms with Crippen molar-refractivity contribution in [1.29, 1.82) is 0 Å². The van der Waals surface area contributed by atoms with Gasteiger partial charge in [0.2, 0.25) is 17.5 Å². The Kier molecular flexibility index (Phi) is 7.27. The van der Waals surface area contributed by atoms with Crippen molar-refractivity contribution in [2.24, 2.45) is 0 Å². The maximum Gasteiger partial charge on any atom is 0.230 e. The highest BCUT2D eigenvalue weighted by Crippen LogP contribution is 2.44. The average molecular weight is 554 g/mol. The van der Waals surface area contributed by atoms with Crippen LogP contribution in [0.5, 0.6) is 23.0 Å². The van der Waals surface area contributed by atoms with Crippen molar-refractivity contribution in [3.05, 3.63) is 34.5 Å². The van der Waals surface area contributed by atoms with Gasteiger partial charge in [-0.3, -0.25) is 4.79 Å². The molecule has 0 amide bonds. The molecule has 3 aromatic rings. The van der Waals surface area contributed by atoms with Gasteiger partial charge in [0.15, 0.2) is 23.9 Å². The van der Waals surface area contributed by atoms with Crippen LogP contribution in [0.25, 0.3) is 21.9 Å². The first-order valence-corrected chi connectivity index (χ1v) is 11.8. The van der Waals surface area contributed by atoms with Gasteiger partial charge in [0.1, 0.15) is 58.9 Å². The van der Waals surface area contributed by atoms with Crippen LogP contribution >= 0.6 is 0 Å². The van der Waals surface area contributed by atoms with Crippen molar-refractivity contribution < 1.29 is 69.3 Å². The molecule has 1 aromatic heterocycles. The maximum absolute atomic E-state index is 13.1. The van der Waals surface area contributed by atoms with Gasteiger partial charge in [-0.25, -0.2) is 0 Å². The molecule has 39 heavy (non-hydrogen) atoms. The molecule has 2 aliphatic rings. The summed E-state index contributed by atoms with van der Waals surface area (Å²) in [5.41, 5.74) is -0.951. The van der Waals surface area contributed by atoms with Gasteiger partial charge in [-0.15, -0.1) is 0 Å². The highest BCUT2D eigenvalue weighted by Gasteiger charge is 2.51. The number of hydrogen-bond donors (Lipinski definition) is 9. The van der Waals surface area contributed by atoms with Crippen molar-refractivity contribution in [3.8, 4) is 23.0 Å². The van der Waals surface area contributed by atoms with Gasteiger partial charge in [0.25, 0.3) is 0 Å². The highest BCUT2D eigenvalue weighted by molar-refractivity contribution is 5.96. The lowest BCUT2D eigenvalue weighted by atomic mass is 9.99. The molecule has 0 bridgehead atoms. The third kappa shape index (κ3) is 4.63. The van der Waals surface area contributed by atoms with Gasteiger partial charge in [-0.1, -0.05) is 0 Å². The minimum absolute atomic E-state index is 0.0586. The molecule has 9 atom stereocenters. The number of fused-ring (bicyclic) bond motifs is 2. The average Bonchev–Trinajstić information content (AvgIpc) is 3.18. The van der Waals surface area contributed by atoms with E-state index in [1.165, 1.54) is 12.1 Å². The first-order valence-electron chi connectivity index (χ1n) is 11.8. The van der Waals surface area contributed by atoms with Crippen LogP contribution < -0.4 is 10.2 Å². The van der Waals surface area contributed by atoms with Crippen LogP contribution in [0.3, 0.4) is 0 Å². The normalized spacial score (nSPS) is 33.1. The predicted molar refractivity (Wildman–Crippen MR) is 126 cm³/mol. The van der Waals surface area contributed by atoms with Gasteiger partial charge in [0.05, 0.1) is 18.6 Å². The van der Waals surface area contributed by atoms with E-state index in [1.54, 1.807) is 0 Å². The molecule has 9 N–H and O–H groups in total. The van der Waals surface area contributed by atoms with Crippen molar-refractivity contribution in [3.63, 3.8) is 0 Å². The Morgan fingerprint density at radius 2 is 1.44 bits per heavy atom. The molecular formula is C24H26O15. The van der Waals surface area contributed by atoms with Gasteiger partial charge in [0, 0.05) is 6.07 Å². The molecule has 0 aliphatic carbocycles. The third-order valence-electron chi connectivity index (χ3n) is 6.70. The van der Waals surface area contributed by atoms with Crippen molar-refractivity contribution in [1.82, 2.24) is 0 Å². The zero-order chi connectivity index (χ0) is 28.2. The summed E-state index contributed by atoms with van der Waals surface area (Å²) >= 11 is 0. The molecule has 212 valence electrons. The molecule has 2 saturated heterocycles. The summed E-state index contributed by atoms with van der Waals surface area (Å²) in [4.78, 5) is 13.1. The summed E-state index contributed by atoms with van der Waals surface area (Å²) in [6, 6.07) is 4.68. The second-order valence-corrected chi connectivity index (χ2v) is 9.19. The van der Waals surface area contributed by atoms with Gasteiger partial charge in [-0.05, 0) is 18.2 Å². The lowest BCUT2D eigenvalue weighted by Gasteiger charge is -2.42. The number of rotatable bonds is 6. The quantitative estimate of drug-likeness (QED) is 0.145. The van der Waals surface area contributed by atoms with E-state index in [0.717, 1.165) is 12.1 Å². The Balaban J connectivity index is 1.54. The summed E-state index contributed by atoms with van der Waals surface area (Å²) in [5.74, 6) is -2.61. The van der Waals surface area contributed by atoms with Crippen LogP contribution in [0.1, 0.15) is 0 Å². The first kappa shape index (κ1) is 27.3. The number of phenols is 3. The lowest BCUT2D eigenvalue weighted by Crippen LogP contribution is -2.62. The minimum Gasteiger partial charge on any atom is -0.508 e. The monoisotopic (exact) mass is 554 g/mol. The Bertz CT molecular complexity index is 1420. The molecule has 0 unspecified atom stereocenters. The van der Waals surface area contributed by atoms with Gasteiger partial charge in [-0.2, -0.15) is 0 Å². The third-order valence-corrected chi connectivity index (χ3v) is 6.70. The van der Waals surface area contributed by atoms with Crippen molar-refractivity contribution in [2.45, 2.75) is 55.3 Å². The largest absolute Gasteiger partial charge is 0.508 e. The molecule has 15 nitrogen and oxygen atoms in total. The molecule has 5 rings (SSSR count). The van der Waals surface area contributed by atoms with Crippen molar-refractivity contribution in [2.75, 3.05) is 13.2 Å². The van der Waals surface area contributed by atoms with E-state index < -0.39 is 96.6 Å². The fourth-order valence-corrected chi connectivity index (χ4v) is 4.61. The molecular weight excluding hydrogens is 528 g/mol. The van der Waals surface area contributed by atoms with E-state index in [-0.39, 0.29) is 22.3 Å². The maximum atomic E-state index is 13.1. The summed E-state index contributed by atoms with van der Waals surface area (Å²) in [7, 11) is 0. The Morgan fingerprint density at radius 1 is 0.795 bits per heavy atom. The van der Waals surface area contributed by atoms with E-state index in [1.807, 2.05) is 0 Å². The molecule has 2 aromatic carbocycles. The zero-order valence-corrected chi connectivity index (χ0v) is 19.9. The first-order chi connectivity index (χ1) is 18.5. The molecule has 3 heterocycles. The summed E-state index contributed by atoms with van der Waals surface area (Å²) in [6.45, 7) is -1.47. The molecule has 0 spiro atoms. The van der Waals surface area contributed by atoms with Crippen LogP contribution in [-0.2, 0) is 14.2 Å². The standard InChI is InChI=1S/C24H26O15/c25-5-12-16(30)19(33)22(39-23-20(34)17(31)13(6-26)36-23)24(37-12)38-21-9(28)4-11-14(18(21)32)15(29)8-3-7(27)1-2-10(8)35-11/h1-4,12-13,16-17,19-20,22-28,30-34H,5-6H2/t12-,13-,16-,17-,19+,20-,22-,23+,24+/m1/s1. The van der Waals surface area contributed by atoms with E-state index in [0.29, 0.717) is 0 Å². The van der Waals surface area contributed by atoms with E-state index >= 15 is 0 Å². The van der Waals surface area contributed by atoms with Crippen LogP contribution in [0.4, 0.5) is 0 Å². The van der Waals surface area contributed by atoms with Gasteiger partial charge < -0.3 is 69.3 Å². The number of aliphatic hydroxyl groups excluding tert-OH is 6. The number of aliphatic hydroxyl groups is 6. The molecule has 2 aliphatic heterocycles. The fraction of sp³-hybridized carbons (Fsp3) is 0.458. The number of benzene rings is 2.